The highest BCUT2D eigenvalue weighted by Crippen LogP contribution is 2.39. The summed E-state index contributed by atoms with van der Waals surface area (Å²) in [6.07, 6.45) is -4.65. The largest absolute Gasteiger partial charge is 0.507 e. The third-order valence-corrected chi connectivity index (χ3v) is 5.39. The monoisotopic (exact) mass is 419 g/mol. The van der Waals surface area contributed by atoms with E-state index in [1.54, 1.807) is 24.3 Å². The molecule has 0 spiro atoms. The van der Waals surface area contributed by atoms with Crippen molar-refractivity contribution >= 4 is 16.6 Å². The minimum Gasteiger partial charge on any atom is -0.507 e. The summed E-state index contributed by atoms with van der Waals surface area (Å²) in [6.45, 7) is 0. The van der Waals surface area contributed by atoms with E-state index in [4.69, 9.17) is 0 Å². The van der Waals surface area contributed by atoms with E-state index in [-0.39, 0.29) is 17.3 Å². The zero-order valence-corrected chi connectivity index (χ0v) is 15.8. The van der Waals surface area contributed by atoms with Crippen molar-refractivity contribution < 1.29 is 28.5 Å². The van der Waals surface area contributed by atoms with E-state index in [1.165, 1.54) is 6.07 Å². The highest BCUT2D eigenvalue weighted by molar-refractivity contribution is 6.00. The Morgan fingerprint density at radius 2 is 1.67 bits per heavy atom. The number of alkyl halides is 3. The number of aromatic nitrogens is 2. The maximum atomic E-state index is 12.9. The topological polar surface area (TPSA) is 98.5 Å². The van der Waals surface area contributed by atoms with Crippen molar-refractivity contribution in [3.05, 3.63) is 48.0 Å². The summed E-state index contributed by atoms with van der Waals surface area (Å²) in [6, 6.07) is 9.75. The van der Waals surface area contributed by atoms with Gasteiger partial charge in [0.25, 0.3) is 0 Å². The van der Waals surface area contributed by atoms with E-state index in [0.29, 0.717) is 41.9 Å². The molecule has 158 valence electrons. The first-order chi connectivity index (χ1) is 14.2. The number of hydrogen-bond acceptors (Lipinski definition) is 6. The Morgan fingerprint density at radius 3 is 2.33 bits per heavy atom. The average Bonchev–Trinajstić information content (AvgIpc) is 2.70. The number of nitrogens with one attached hydrogen (secondary N) is 1. The summed E-state index contributed by atoms with van der Waals surface area (Å²) < 4.78 is 38.7. The van der Waals surface area contributed by atoms with Crippen molar-refractivity contribution in [2.45, 2.75) is 43.7 Å². The van der Waals surface area contributed by atoms with Crippen LogP contribution in [-0.2, 0) is 6.18 Å². The van der Waals surface area contributed by atoms with Crippen LogP contribution in [0.3, 0.4) is 0 Å². The predicted octanol–water partition coefficient (Wildman–Crippen LogP) is 3.71. The SMILES string of the molecule is Oc1cc(C(F)(F)F)ccc1-c1nnc(N[C@H]2CC[C@H](O)[C@H](O)C2)c2ccccc12. The molecule has 4 N–H and O–H groups in total. The molecule has 1 aliphatic rings. The molecule has 2 aromatic carbocycles. The van der Waals surface area contributed by atoms with Gasteiger partial charge in [-0.05, 0) is 37.5 Å². The summed E-state index contributed by atoms with van der Waals surface area (Å²) >= 11 is 0. The van der Waals surface area contributed by atoms with E-state index in [9.17, 15) is 28.5 Å². The highest BCUT2D eigenvalue weighted by atomic mass is 19.4. The summed E-state index contributed by atoms with van der Waals surface area (Å²) in [5.41, 5.74) is -0.534. The van der Waals surface area contributed by atoms with Crippen molar-refractivity contribution in [3.63, 3.8) is 0 Å². The van der Waals surface area contributed by atoms with Gasteiger partial charge in [-0.2, -0.15) is 13.2 Å². The Kier molecular flexibility index (Phi) is 5.25. The molecule has 1 fully saturated rings. The molecule has 4 rings (SSSR count). The second-order valence-corrected chi connectivity index (χ2v) is 7.46. The number of rotatable bonds is 3. The number of aliphatic hydroxyl groups is 2. The molecule has 1 aromatic heterocycles. The highest BCUT2D eigenvalue weighted by Gasteiger charge is 2.32. The zero-order chi connectivity index (χ0) is 21.5. The minimum atomic E-state index is -4.56. The number of aromatic hydroxyl groups is 1. The van der Waals surface area contributed by atoms with Gasteiger partial charge in [-0.25, -0.2) is 0 Å². The molecule has 0 saturated heterocycles. The molecule has 0 unspecified atom stereocenters. The minimum absolute atomic E-state index is 0.105. The van der Waals surface area contributed by atoms with E-state index >= 15 is 0 Å². The summed E-state index contributed by atoms with van der Waals surface area (Å²) in [4.78, 5) is 0. The van der Waals surface area contributed by atoms with Gasteiger partial charge < -0.3 is 20.6 Å². The van der Waals surface area contributed by atoms with Crippen molar-refractivity contribution in [1.29, 1.82) is 0 Å². The van der Waals surface area contributed by atoms with Gasteiger partial charge in [0.2, 0.25) is 0 Å². The fourth-order valence-corrected chi connectivity index (χ4v) is 3.77. The number of benzene rings is 2. The molecule has 0 aliphatic heterocycles. The first-order valence-corrected chi connectivity index (χ1v) is 9.52. The Morgan fingerprint density at radius 1 is 0.933 bits per heavy atom. The lowest BCUT2D eigenvalue weighted by Gasteiger charge is -2.31. The Bertz CT molecular complexity index is 1070. The first kappa shape index (κ1) is 20.4. The van der Waals surface area contributed by atoms with Gasteiger partial charge in [-0.15, -0.1) is 10.2 Å². The standard InChI is InChI=1S/C21H20F3N3O3/c22-21(23,24)11-5-7-15(17(29)9-11)19-13-3-1-2-4-14(13)20(27-26-19)25-12-6-8-16(28)18(30)10-12/h1-5,7,9,12,16,18,28-30H,6,8,10H2,(H,25,27)/t12-,16-,18+/m0/s1. The molecule has 0 radical (unpaired) electrons. The molecule has 3 atom stereocenters. The summed E-state index contributed by atoms with van der Waals surface area (Å²) in [5, 5.41) is 42.7. The van der Waals surface area contributed by atoms with Gasteiger partial charge in [0.15, 0.2) is 5.82 Å². The molecule has 0 bridgehead atoms. The third kappa shape index (κ3) is 3.90. The van der Waals surface area contributed by atoms with Gasteiger partial charge in [0, 0.05) is 22.4 Å². The lowest BCUT2D eigenvalue weighted by atomic mass is 9.90. The smallest absolute Gasteiger partial charge is 0.416 e. The van der Waals surface area contributed by atoms with E-state index < -0.39 is 29.7 Å². The fraction of sp³-hybridized carbons (Fsp3) is 0.333. The van der Waals surface area contributed by atoms with Crippen molar-refractivity contribution in [2.24, 2.45) is 0 Å². The van der Waals surface area contributed by atoms with Gasteiger partial charge >= 0.3 is 6.18 Å². The molecule has 9 heteroatoms. The molecule has 1 saturated carbocycles. The Labute approximate surface area is 170 Å². The second-order valence-electron chi connectivity index (χ2n) is 7.46. The molecular weight excluding hydrogens is 399 g/mol. The zero-order valence-electron chi connectivity index (χ0n) is 15.8. The van der Waals surface area contributed by atoms with Gasteiger partial charge in [0.05, 0.1) is 17.8 Å². The van der Waals surface area contributed by atoms with Crippen LogP contribution in [0.4, 0.5) is 19.0 Å². The van der Waals surface area contributed by atoms with Crippen LogP contribution < -0.4 is 5.32 Å². The van der Waals surface area contributed by atoms with Crippen LogP contribution in [-0.4, -0.2) is 43.8 Å². The molecule has 1 aliphatic carbocycles. The number of nitrogens with zero attached hydrogens (tertiary/aromatic N) is 2. The van der Waals surface area contributed by atoms with Crippen molar-refractivity contribution in [2.75, 3.05) is 5.32 Å². The number of phenols is 1. The van der Waals surface area contributed by atoms with E-state index in [2.05, 4.69) is 15.5 Å². The summed E-state index contributed by atoms with van der Waals surface area (Å²) in [7, 11) is 0. The number of phenolic OH excluding ortho intramolecular Hbond substituents is 1. The van der Waals surface area contributed by atoms with Crippen LogP contribution >= 0.6 is 0 Å². The molecular formula is C21H20F3N3O3. The third-order valence-electron chi connectivity index (χ3n) is 5.39. The summed E-state index contributed by atoms with van der Waals surface area (Å²) in [5.74, 6) is -0.0660. The van der Waals surface area contributed by atoms with Crippen LogP contribution in [0.5, 0.6) is 5.75 Å². The van der Waals surface area contributed by atoms with Gasteiger partial charge in [0.1, 0.15) is 11.4 Å². The van der Waals surface area contributed by atoms with Crippen LogP contribution in [0.25, 0.3) is 22.0 Å². The molecule has 30 heavy (non-hydrogen) atoms. The lowest BCUT2D eigenvalue weighted by Crippen LogP contribution is -2.39. The molecule has 6 nitrogen and oxygen atoms in total. The van der Waals surface area contributed by atoms with Crippen LogP contribution in [0.15, 0.2) is 42.5 Å². The maximum Gasteiger partial charge on any atom is 0.416 e. The number of fused-ring (bicyclic) bond motifs is 1. The normalized spacial score (nSPS) is 22.2. The Balaban J connectivity index is 1.71. The van der Waals surface area contributed by atoms with Crippen molar-refractivity contribution in [3.8, 4) is 17.0 Å². The number of halogens is 3. The first-order valence-electron chi connectivity index (χ1n) is 9.52. The lowest BCUT2D eigenvalue weighted by molar-refractivity contribution is -0.137. The predicted molar refractivity (Wildman–Crippen MR) is 105 cm³/mol. The molecule has 1 heterocycles. The van der Waals surface area contributed by atoms with Crippen LogP contribution in [0.1, 0.15) is 24.8 Å². The van der Waals surface area contributed by atoms with Gasteiger partial charge in [-0.3, -0.25) is 0 Å². The number of anilines is 1. The Hall–Kier alpha value is -2.91. The van der Waals surface area contributed by atoms with E-state index in [0.717, 1.165) is 6.07 Å². The average molecular weight is 419 g/mol. The molecule has 3 aromatic rings. The quantitative estimate of drug-likeness (QED) is 0.517. The maximum absolute atomic E-state index is 12.9. The van der Waals surface area contributed by atoms with Crippen LogP contribution in [0.2, 0.25) is 0 Å². The number of hydrogen-bond donors (Lipinski definition) is 4. The second kappa shape index (κ2) is 7.73. The van der Waals surface area contributed by atoms with Gasteiger partial charge in [-0.1, -0.05) is 24.3 Å². The molecule has 0 amide bonds. The van der Waals surface area contributed by atoms with Crippen molar-refractivity contribution in [1.82, 2.24) is 10.2 Å². The van der Waals surface area contributed by atoms with E-state index in [1.807, 2.05) is 0 Å². The van der Waals surface area contributed by atoms with Crippen LogP contribution in [0, 0.1) is 0 Å². The number of aliphatic hydroxyl groups excluding tert-OH is 2. The fourth-order valence-electron chi connectivity index (χ4n) is 3.77.